The number of benzene rings is 1. The van der Waals surface area contributed by atoms with Crippen LogP contribution in [0.15, 0.2) is 52.2 Å². The van der Waals surface area contributed by atoms with Crippen LogP contribution < -0.4 is 10.1 Å². The Kier molecular flexibility index (Phi) is 7.68. The van der Waals surface area contributed by atoms with Crippen molar-refractivity contribution in [3.63, 3.8) is 0 Å². The number of aromatic hydroxyl groups is 1. The first-order valence-electron chi connectivity index (χ1n) is 12.2. The van der Waals surface area contributed by atoms with Gasteiger partial charge in [-0.25, -0.2) is 4.79 Å². The van der Waals surface area contributed by atoms with Crippen LogP contribution in [0.2, 0.25) is 0 Å². The summed E-state index contributed by atoms with van der Waals surface area (Å²) in [6, 6.07) is 6.63. The second-order valence-corrected chi connectivity index (χ2v) is 10.6. The van der Waals surface area contributed by atoms with E-state index < -0.39 is 28.2 Å². The number of ether oxygens (including phenoxy) is 2. The van der Waals surface area contributed by atoms with Crippen molar-refractivity contribution >= 4 is 28.8 Å². The molecule has 0 unspecified atom stereocenters. The monoisotopic (exact) mass is 526 g/mol. The summed E-state index contributed by atoms with van der Waals surface area (Å²) >= 11 is 1.59. The number of esters is 1. The van der Waals surface area contributed by atoms with Gasteiger partial charge in [-0.1, -0.05) is 19.9 Å². The first kappa shape index (κ1) is 26.4. The summed E-state index contributed by atoms with van der Waals surface area (Å²) in [5.41, 5.74) is 1.55. The fourth-order valence-electron chi connectivity index (χ4n) is 4.87. The molecule has 196 valence electrons. The second-order valence-electron chi connectivity index (χ2n) is 9.60. The Bertz CT molecular complexity index is 1290. The Morgan fingerprint density at radius 2 is 2.08 bits per heavy atom. The van der Waals surface area contributed by atoms with Crippen molar-refractivity contribution in [3.8, 4) is 11.5 Å². The van der Waals surface area contributed by atoms with E-state index in [-0.39, 0.29) is 48.6 Å². The molecule has 0 spiro atoms. The third kappa shape index (κ3) is 5.24. The number of allylic oxidation sites excluding steroid dienone is 3. The number of nitrogens with zero attached hydrogens (tertiary/aromatic N) is 1. The minimum Gasteiger partial charge on any atom is -0.500 e. The lowest BCUT2D eigenvalue weighted by molar-refractivity contribution is -0.386. The maximum absolute atomic E-state index is 13.7. The molecule has 9 nitrogen and oxygen atoms in total. The second kappa shape index (κ2) is 10.8. The van der Waals surface area contributed by atoms with Crippen molar-refractivity contribution in [2.24, 2.45) is 5.92 Å². The van der Waals surface area contributed by atoms with E-state index in [0.29, 0.717) is 29.0 Å². The zero-order valence-corrected chi connectivity index (χ0v) is 22.0. The minimum absolute atomic E-state index is 0.00483. The molecule has 2 atom stereocenters. The molecule has 2 heterocycles. The number of carbonyl (C=O) groups is 2. The average Bonchev–Trinajstić information content (AvgIpc) is 3.38. The first-order valence-corrected chi connectivity index (χ1v) is 13.1. The van der Waals surface area contributed by atoms with Crippen LogP contribution in [0.1, 0.15) is 62.8 Å². The predicted octanol–water partition coefficient (Wildman–Crippen LogP) is 5.32. The van der Waals surface area contributed by atoms with E-state index in [1.165, 1.54) is 12.1 Å². The summed E-state index contributed by atoms with van der Waals surface area (Å²) in [4.78, 5) is 39.2. The molecule has 0 amide bonds. The van der Waals surface area contributed by atoms with Gasteiger partial charge in [0, 0.05) is 46.2 Å². The normalized spacial score (nSPS) is 19.5. The molecule has 0 saturated heterocycles. The van der Waals surface area contributed by atoms with Gasteiger partial charge in [-0.05, 0) is 49.3 Å². The molecule has 2 N–H and O–H groups in total. The fraction of sp³-hybridized carbons (Fsp3) is 0.407. The van der Waals surface area contributed by atoms with E-state index >= 15 is 0 Å². The SMILES string of the molecule is CCOc1cc([C@H]2C(C(=O)OCC(C)C)=C(C)NC3=C2C(=O)C[C@@H](c2cccs2)C3)cc([N+](=O)[O-])c1O. The van der Waals surface area contributed by atoms with Gasteiger partial charge in [0.2, 0.25) is 5.75 Å². The van der Waals surface area contributed by atoms with Gasteiger partial charge in [-0.3, -0.25) is 14.9 Å². The predicted molar refractivity (Wildman–Crippen MR) is 139 cm³/mol. The number of nitro groups is 1. The number of phenols is 1. The number of hydrogen-bond donors (Lipinski definition) is 2. The van der Waals surface area contributed by atoms with E-state index in [1.54, 1.807) is 25.2 Å². The van der Waals surface area contributed by atoms with Crippen LogP contribution in [0.3, 0.4) is 0 Å². The molecule has 1 aromatic carbocycles. The van der Waals surface area contributed by atoms with Crippen LogP contribution in [0.4, 0.5) is 5.69 Å². The van der Waals surface area contributed by atoms with Gasteiger partial charge in [0.05, 0.1) is 23.7 Å². The summed E-state index contributed by atoms with van der Waals surface area (Å²) in [5, 5.41) is 27.5. The number of nitro benzene ring substituents is 1. The highest BCUT2D eigenvalue weighted by Crippen LogP contribution is 2.49. The molecule has 37 heavy (non-hydrogen) atoms. The van der Waals surface area contributed by atoms with Gasteiger partial charge in [0.25, 0.3) is 0 Å². The highest BCUT2D eigenvalue weighted by atomic mass is 32.1. The molecule has 2 aliphatic rings. The lowest BCUT2D eigenvalue weighted by Crippen LogP contribution is -2.36. The summed E-state index contributed by atoms with van der Waals surface area (Å²) in [6.45, 7) is 7.60. The fourth-order valence-corrected chi connectivity index (χ4v) is 5.70. The van der Waals surface area contributed by atoms with E-state index in [2.05, 4.69) is 5.32 Å². The van der Waals surface area contributed by atoms with Crippen molar-refractivity contribution in [2.75, 3.05) is 13.2 Å². The van der Waals surface area contributed by atoms with Crippen molar-refractivity contribution in [1.29, 1.82) is 0 Å². The Balaban J connectivity index is 1.88. The molecule has 0 radical (unpaired) electrons. The zero-order chi connectivity index (χ0) is 26.9. The molecular formula is C27H30N2O7S. The van der Waals surface area contributed by atoms with Gasteiger partial charge in [-0.15, -0.1) is 11.3 Å². The molecule has 2 aromatic rings. The highest BCUT2D eigenvalue weighted by Gasteiger charge is 2.42. The molecule has 0 saturated carbocycles. The number of Topliss-reactive ketones (excluding diaryl/α,β-unsaturated/α-hetero) is 1. The minimum atomic E-state index is -0.911. The molecular weight excluding hydrogens is 496 g/mol. The Labute approximate surface area is 218 Å². The number of hydrogen-bond acceptors (Lipinski definition) is 9. The topological polar surface area (TPSA) is 128 Å². The van der Waals surface area contributed by atoms with Crippen LogP contribution in [-0.2, 0) is 14.3 Å². The summed E-state index contributed by atoms with van der Waals surface area (Å²) in [7, 11) is 0. The zero-order valence-electron chi connectivity index (χ0n) is 21.2. The van der Waals surface area contributed by atoms with Crippen LogP contribution >= 0.6 is 11.3 Å². The van der Waals surface area contributed by atoms with Gasteiger partial charge in [-0.2, -0.15) is 0 Å². The van der Waals surface area contributed by atoms with Crippen molar-refractivity contribution < 1.29 is 29.1 Å². The number of ketones is 1. The molecule has 10 heteroatoms. The van der Waals surface area contributed by atoms with Crippen LogP contribution in [-0.4, -0.2) is 35.0 Å². The van der Waals surface area contributed by atoms with Crippen LogP contribution in [0.5, 0.6) is 11.5 Å². The molecule has 1 aliphatic carbocycles. The number of carbonyl (C=O) groups excluding carboxylic acids is 2. The number of dihydropyridines is 1. The Morgan fingerprint density at radius 1 is 1.32 bits per heavy atom. The molecule has 1 aromatic heterocycles. The number of nitrogens with one attached hydrogen (secondary N) is 1. The Hall–Kier alpha value is -3.66. The molecule has 0 bridgehead atoms. The largest absolute Gasteiger partial charge is 0.500 e. The maximum Gasteiger partial charge on any atom is 0.336 e. The number of phenolic OH excluding ortho intramolecular Hbond substituents is 1. The lowest BCUT2D eigenvalue weighted by Gasteiger charge is -2.36. The van der Waals surface area contributed by atoms with Gasteiger partial charge < -0.3 is 19.9 Å². The van der Waals surface area contributed by atoms with Crippen LogP contribution in [0, 0.1) is 16.0 Å². The van der Waals surface area contributed by atoms with E-state index in [4.69, 9.17) is 9.47 Å². The molecule has 1 aliphatic heterocycles. The third-order valence-corrected chi connectivity index (χ3v) is 7.48. The van der Waals surface area contributed by atoms with E-state index in [1.807, 2.05) is 31.4 Å². The summed E-state index contributed by atoms with van der Waals surface area (Å²) in [5.74, 6) is -2.25. The van der Waals surface area contributed by atoms with Gasteiger partial charge in [0.15, 0.2) is 11.5 Å². The van der Waals surface area contributed by atoms with Crippen molar-refractivity contribution in [2.45, 2.75) is 52.4 Å². The van der Waals surface area contributed by atoms with E-state index in [9.17, 15) is 24.8 Å². The average molecular weight is 527 g/mol. The van der Waals surface area contributed by atoms with Gasteiger partial charge >= 0.3 is 11.7 Å². The molecule has 4 rings (SSSR count). The van der Waals surface area contributed by atoms with E-state index in [0.717, 1.165) is 4.88 Å². The first-order chi connectivity index (χ1) is 17.6. The smallest absolute Gasteiger partial charge is 0.336 e. The number of thiophene rings is 1. The highest BCUT2D eigenvalue weighted by molar-refractivity contribution is 7.10. The van der Waals surface area contributed by atoms with Crippen LogP contribution in [0.25, 0.3) is 0 Å². The quantitative estimate of drug-likeness (QED) is 0.269. The van der Waals surface area contributed by atoms with Gasteiger partial charge in [0.1, 0.15) is 0 Å². The van der Waals surface area contributed by atoms with Crippen molar-refractivity contribution in [3.05, 3.63) is 72.7 Å². The molecule has 0 fully saturated rings. The van der Waals surface area contributed by atoms with Crippen molar-refractivity contribution in [1.82, 2.24) is 5.32 Å². The number of rotatable bonds is 8. The third-order valence-electron chi connectivity index (χ3n) is 6.45. The maximum atomic E-state index is 13.7. The summed E-state index contributed by atoms with van der Waals surface area (Å²) < 4.78 is 11.0. The standard InChI is InChI=1S/C27H30N2O7S/c1-5-35-21-12-17(10-19(26(21)31)29(33)34)24-23(27(32)36-13-14(2)3)15(4)28-18-9-16(11-20(30)25(18)24)22-7-6-8-37-22/h6-8,10,12,14,16,24,28,31H,5,9,11,13H2,1-4H3/t16-,24-/m0/s1. The lowest BCUT2D eigenvalue weighted by atomic mass is 9.72. The summed E-state index contributed by atoms with van der Waals surface area (Å²) in [6.07, 6.45) is 0.811. The Morgan fingerprint density at radius 3 is 2.70 bits per heavy atom.